The number of rotatable bonds is 4. The van der Waals surface area contributed by atoms with Crippen molar-refractivity contribution in [1.29, 1.82) is 0 Å². The van der Waals surface area contributed by atoms with Gasteiger partial charge in [0.25, 0.3) is 0 Å². The first kappa shape index (κ1) is 15.5. The van der Waals surface area contributed by atoms with E-state index in [1.54, 1.807) is 0 Å². The molecule has 1 amide bonds. The molecule has 4 nitrogen and oxygen atoms in total. The Morgan fingerprint density at radius 3 is 2.84 bits per heavy atom. The van der Waals surface area contributed by atoms with Crippen LogP contribution < -0.4 is 11.1 Å². The molecule has 0 fully saturated rings. The molecule has 0 aliphatic rings. The first-order valence-corrected chi connectivity index (χ1v) is 6.25. The Morgan fingerprint density at radius 1 is 1.42 bits per heavy atom. The predicted molar refractivity (Wildman–Crippen MR) is 81.6 cm³/mol. The maximum atomic E-state index is 11.9. The molecule has 5 heteroatoms. The van der Waals surface area contributed by atoms with Crippen LogP contribution in [0, 0.1) is 5.92 Å². The Kier molecular flexibility index (Phi) is 5.39. The van der Waals surface area contributed by atoms with Gasteiger partial charge in [-0.2, -0.15) is 0 Å². The molecule has 2 atom stereocenters. The maximum absolute atomic E-state index is 11.9. The van der Waals surface area contributed by atoms with Gasteiger partial charge in [0.1, 0.15) is 0 Å². The van der Waals surface area contributed by atoms with E-state index in [2.05, 4.69) is 10.3 Å². The number of H-pyrrole nitrogens is 1. The highest BCUT2D eigenvalue weighted by atomic mass is 35.5. The first-order valence-electron chi connectivity index (χ1n) is 6.25. The number of amides is 1. The van der Waals surface area contributed by atoms with E-state index in [4.69, 9.17) is 5.73 Å². The van der Waals surface area contributed by atoms with Gasteiger partial charge in [-0.15, -0.1) is 12.4 Å². The van der Waals surface area contributed by atoms with Gasteiger partial charge in [-0.05, 0) is 30.2 Å². The molecule has 104 valence electrons. The summed E-state index contributed by atoms with van der Waals surface area (Å²) in [6, 6.07) is 7.27. The van der Waals surface area contributed by atoms with Gasteiger partial charge in [0.15, 0.2) is 0 Å². The van der Waals surface area contributed by atoms with E-state index in [0.717, 1.165) is 23.0 Å². The minimum atomic E-state index is -0.461. The zero-order valence-electron chi connectivity index (χ0n) is 11.1. The molecule has 0 saturated carbocycles. The van der Waals surface area contributed by atoms with Gasteiger partial charge in [-0.1, -0.05) is 20.3 Å². The zero-order valence-corrected chi connectivity index (χ0v) is 12.0. The third kappa shape index (κ3) is 3.49. The Balaban J connectivity index is 0.00000180. The van der Waals surface area contributed by atoms with Crippen molar-refractivity contribution in [3.8, 4) is 0 Å². The van der Waals surface area contributed by atoms with Crippen molar-refractivity contribution in [2.45, 2.75) is 26.3 Å². The summed E-state index contributed by atoms with van der Waals surface area (Å²) in [7, 11) is 0. The fourth-order valence-corrected chi connectivity index (χ4v) is 1.87. The second-order valence-corrected chi connectivity index (χ2v) is 4.68. The number of nitrogens with one attached hydrogen (secondary N) is 2. The van der Waals surface area contributed by atoms with Gasteiger partial charge < -0.3 is 16.0 Å². The number of aromatic amines is 1. The molecule has 0 saturated heterocycles. The number of hydrogen-bond acceptors (Lipinski definition) is 2. The van der Waals surface area contributed by atoms with E-state index < -0.39 is 6.04 Å². The minimum Gasteiger partial charge on any atom is -0.361 e. The summed E-state index contributed by atoms with van der Waals surface area (Å²) in [6.07, 6.45) is 2.77. The normalized spacial score (nSPS) is 13.6. The molecule has 2 aromatic rings. The SMILES string of the molecule is CCC(C)C(N)C(=O)Nc1ccc2[nH]ccc2c1.Cl. The minimum absolute atomic E-state index is 0. The van der Waals surface area contributed by atoms with Crippen LogP contribution in [0.5, 0.6) is 0 Å². The van der Waals surface area contributed by atoms with Gasteiger partial charge in [0.05, 0.1) is 6.04 Å². The van der Waals surface area contributed by atoms with Crippen molar-refractivity contribution in [1.82, 2.24) is 4.98 Å². The molecule has 0 aliphatic carbocycles. The molecule has 4 N–H and O–H groups in total. The second kappa shape index (κ2) is 6.59. The van der Waals surface area contributed by atoms with Crippen molar-refractivity contribution in [3.05, 3.63) is 30.5 Å². The van der Waals surface area contributed by atoms with Crippen LogP contribution in [0.1, 0.15) is 20.3 Å². The molecule has 0 aliphatic heterocycles. The van der Waals surface area contributed by atoms with Crippen LogP contribution in [0.4, 0.5) is 5.69 Å². The zero-order chi connectivity index (χ0) is 13.1. The highest BCUT2D eigenvalue weighted by Gasteiger charge is 2.19. The quantitative estimate of drug-likeness (QED) is 0.806. The second-order valence-electron chi connectivity index (χ2n) is 4.68. The lowest BCUT2D eigenvalue weighted by molar-refractivity contribution is -0.118. The average Bonchev–Trinajstić information content (AvgIpc) is 2.84. The topological polar surface area (TPSA) is 70.9 Å². The average molecular weight is 282 g/mol. The first-order chi connectivity index (χ1) is 8.61. The van der Waals surface area contributed by atoms with Crippen molar-refractivity contribution in [2.24, 2.45) is 11.7 Å². The fourth-order valence-electron chi connectivity index (χ4n) is 1.87. The number of nitrogens with two attached hydrogens (primary N) is 1. The molecular weight excluding hydrogens is 262 g/mol. The fraction of sp³-hybridized carbons (Fsp3) is 0.357. The number of hydrogen-bond donors (Lipinski definition) is 3. The number of carbonyl (C=O) groups excluding carboxylic acids is 1. The monoisotopic (exact) mass is 281 g/mol. The van der Waals surface area contributed by atoms with E-state index in [-0.39, 0.29) is 24.2 Å². The number of aromatic nitrogens is 1. The van der Waals surface area contributed by atoms with Gasteiger partial charge in [-0.25, -0.2) is 0 Å². The summed E-state index contributed by atoms with van der Waals surface area (Å²) >= 11 is 0. The number of halogens is 1. The molecule has 0 bridgehead atoms. The Labute approximate surface area is 119 Å². The largest absolute Gasteiger partial charge is 0.361 e. The van der Waals surface area contributed by atoms with Gasteiger partial charge in [0, 0.05) is 22.8 Å². The third-order valence-corrected chi connectivity index (χ3v) is 3.38. The van der Waals surface area contributed by atoms with Gasteiger partial charge >= 0.3 is 0 Å². The van der Waals surface area contributed by atoms with Crippen LogP contribution in [-0.4, -0.2) is 16.9 Å². The molecule has 0 spiro atoms. The van der Waals surface area contributed by atoms with Crippen molar-refractivity contribution in [2.75, 3.05) is 5.32 Å². The van der Waals surface area contributed by atoms with Crippen LogP contribution in [0.25, 0.3) is 10.9 Å². The molecular formula is C14H20ClN3O. The summed E-state index contributed by atoms with van der Waals surface area (Å²) in [5, 5.41) is 3.94. The smallest absolute Gasteiger partial charge is 0.241 e. The van der Waals surface area contributed by atoms with Crippen molar-refractivity contribution in [3.63, 3.8) is 0 Å². The predicted octanol–water partition coefficient (Wildman–Crippen LogP) is 2.90. The molecule has 2 rings (SSSR count). The van der Waals surface area contributed by atoms with E-state index >= 15 is 0 Å². The molecule has 1 aromatic heterocycles. The van der Waals surface area contributed by atoms with Crippen LogP contribution in [0.15, 0.2) is 30.5 Å². The number of anilines is 1. The highest BCUT2D eigenvalue weighted by Crippen LogP contribution is 2.18. The van der Waals surface area contributed by atoms with Crippen LogP contribution in [0.3, 0.4) is 0 Å². The molecule has 1 heterocycles. The lowest BCUT2D eigenvalue weighted by Gasteiger charge is -2.17. The number of benzene rings is 1. The Hall–Kier alpha value is -1.52. The van der Waals surface area contributed by atoms with Crippen LogP contribution in [0.2, 0.25) is 0 Å². The maximum Gasteiger partial charge on any atom is 0.241 e. The summed E-state index contributed by atoms with van der Waals surface area (Å²) in [6.45, 7) is 4.02. The Bertz CT molecular complexity index is 552. The molecule has 1 aromatic carbocycles. The van der Waals surface area contributed by atoms with Gasteiger partial charge in [-0.3, -0.25) is 4.79 Å². The lowest BCUT2D eigenvalue weighted by atomic mass is 9.99. The van der Waals surface area contributed by atoms with Crippen LogP contribution >= 0.6 is 12.4 Å². The molecule has 19 heavy (non-hydrogen) atoms. The van der Waals surface area contributed by atoms with E-state index in [0.29, 0.717) is 0 Å². The standard InChI is InChI=1S/C14H19N3O.ClH/c1-3-9(2)13(15)14(18)17-11-4-5-12-10(8-11)6-7-16-12;/h4-9,13,16H,3,15H2,1-2H3,(H,17,18);1H. The number of carbonyl (C=O) groups is 1. The molecule has 2 unspecified atom stereocenters. The van der Waals surface area contributed by atoms with E-state index in [1.165, 1.54) is 0 Å². The summed E-state index contributed by atoms with van der Waals surface area (Å²) in [4.78, 5) is 15.1. The Morgan fingerprint density at radius 2 is 2.16 bits per heavy atom. The van der Waals surface area contributed by atoms with Crippen molar-refractivity contribution >= 4 is 34.9 Å². The molecule has 0 radical (unpaired) electrons. The lowest BCUT2D eigenvalue weighted by Crippen LogP contribution is -2.40. The summed E-state index contributed by atoms with van der Waals surface area (Å²) in [5.41, 5.74) is 7.73. The van der Waals surface area contributed by atoms with Crippen molar-refractivity contribution < 1.29 is 4.79 Å². The van der Waals surface area contributed by atoms with Crippen LogP contribution in [-0.2, 0) is 4.79 Å². The number of fused-ring (bicyclic) bond motifs is 1. The van der Waals surface area contributed by atoms with E-state index in [9.17, 15) is 4.79 Å². The summed E-state index contributed by atoms with van der Waals surface area (Å²) < 4.78 is 0. The highest BCUT2D eigenvalue weighted by molar-refractivity contribution is 5.96. The van der Waals surface area contributed by atoms with E-state index in [1.807, 2.05) is 44.3 Å². The van der Waals surface area contributed by atoms with Gasteiger partial charge in [0.2, 0.25) is 5.91 Å². The third-order valence-electron chi connectivity index (χ3n) is 3.38. The summed E-state index contributed by atoms with van der Waals surface area (Å²) in [5.74, 6) is 0.0558.